The van der Waals surface area contributed by atoms with Crippen LogP contribution in [0.3, 0.4) is 0 Å². The van der Waals surface area contributed by atoms with Crippen LogP contribution in [0.2, 0.25) is 0 Å². The number of carbonyl (C=O) groups is 1. The molecule has 3 unspecified atom stereocenters. The molecule has 0 bridgehead atoms. The molecule has 3 atom stereocenters. The normalized spacial score (nSPS) is 44.1. The maximum absolute atomic E-state index is 11.8. The quantitative estimate of drug-likeness (QED) is 0.511. The summed E-state index contributed by atoms with van der Waals surface area (Å²) in [5.74, 6) is 0.0176. The maximum Gasteiger partial charge on any atom is 0.341 e. The fourth-order valence-electron chi connectivity index (χ4n) is 2.80. The minimum atomic E-state index is -0.703. The van der Waals surface area contributed by atoms with Gasteiger partial charge in [-0.05, 0) is 6.42 Å². The minimum Gasteiger partial charge on any atom is -0.467 e. The lowest BCUT2D eigenvalue weighted by Gasteiger charge is -2.28. The average molecular weight is 214 g/mol. The van der Waals surface area contributed by atoms with Crippen LogP contribution in [-0.4, -0.2) is 37.5 Å². The second kappa shape index (κ2) is 3.46. The number of rotatable bonds is 2. The summed E-state index contributed by atoms with van der Waals surface area (Å²) < 4.78 is 16.0. The Kier molecular flexibility index (Phi) is 2.51. The summed E-state index contributed by atoms with van der Waals surface area (Å²) in [6.45, 7) is 5.37. The first-order valence-electron chi connectivity index (χ1n) is 5.49. The third-order valence-corrected chi connectivity index (χ3v) is 3.79. The Morgan fingerprint density at radius 2 is 2.33 bits per heavy atom. The number of methoxy groups -OCH3 is 1. The highest BCUT2D eigenvalue weighted by Gasteiger charge is 2.76. The van der Waals surface area contributed by atoms with E-state index in [9.17, 15) is 4.79 Å². The van der Waals surface area contributed by atoms with E-state index in [1.54, 1.807) is 0 Å². The molecular weight excluding hydrogens is 196 g/mol. The fourth-order valence-corrected chi connectivity index (χ4v) is 2.80. The molecule has 2 aliphatic rings. The van der Waals surface area contributed by atoms with Crippen molar-refractivity contribution in [3.8, 4) is 0 Å². The van der Waals surface area contributed by atoms with E-state index in [-0.39, 0.29) is 17.5 Å². The van der Waals surface area contributed by atoms with Gasteiger partial charge >= 0.3 is 5.97 Å². The van der Waals surface area contributed by atoms with Crippen LogP contribution >= 0.6 is 0 Å². The molecule has 0 radical (unpaired) electrons. The zero-order chi connectivity index (χ0) is 11.1. The van der Waals surface area contributed by atoms with E-state index in [4.69, 9.17) is 14.2 Å². The first-order chi connectivity index (χ1) is 7.13. The van der Waals surface area contributed by atoms with Crippen LogP contribution < -0.4 is 0 Å². The molecule has 0 aliphatic carbocycles. The van der Waals surface area contributed by atoms with Gasteiger partial charge in [-0.25, -0.2) is 4.79 Å². The number of hydrogen-bond donors (Lipinski definition) is 0. The Balaban J connectivity index is 2.22. The van der Waals surface area contributed by atoms with E-state index in [1.807, 2.05) is 6.92 Å². The van der Waals surface area contributed by atoms with Crippen LogP contribution in [0.5, 0.6) is 0 Å². The van der Waals surface area contributed by atoms with Crippen molar-refractivity contribution in [3.63, 3.8) is 0 Å². The Morgan fingerprint density at radius 3 is 2.87 bits per heavy atom. The Hall–Kier alpha value is -0.610. The van der Waals surface area contributed by atoms with E-state index < -0.39 is 5.60 Å². The first-order valence-corrected chi connectivity index (χ1v) is 5.49. The van der Waals surface area contributed by atoms with Gasteiger partial charge in [-0.3, -0.25) is 0 Å². The SMILES string of the molecule is CCC1(C(=O)OC)OC12CCOCC2C. The summed E-state index contributed by atoms with van der Waals surface area (Å²) in [5.41, 5.74) is -1.03. The third kappa shape index (κ3) is 1.24. The molecule has 2 heterocycles. The zero-order valence-corrected chi connectivity index (χ0v) is 9.54. The van der Waals surface area contributed by atoms with E-state index in [1.165, 1.54) is 7.11 Å². The molecule has 2 saturated heterocycles. The van der Waals surface area contributed by atoms with Gasteiger partial charge in [0.15, 0.2) is 5.60 Å². The van der Waals surface area contributed by atoms with Gasteiger partial charge in [-0.2, -0.15) is 0 Å². The molecule has 0 aromatic heterocycles. The smallest absolute Gasteiger partial charge is 0.341 e. The summed E-state index contributed by atoms with van der Waals surface area (Å²) in [6.07, 6.45) is 1.46. The summed E-state index contributed by atoms with van der Waals surface area (Å²) in [4.78, 5) is 11.8. The van der Waals surface area contributed by atoms with Gasteiger partial charge in [0.05, 0.1) is 13.7 Å². The lowest BCUT2D eigenvalue weighted by Crippen LogP contribution is -2.43. The Morgan fingerprint density at radius 1 is 1.60 bits per heavy atom. The summed E-state index contributed by atoms with van der Waals surface area (Å²) in [5, 5.41) is 0. The fraction of sp³-hybridized carbons (Fsp3) is 0.909. The maximum atomic E-state index is 11.8. The van der Waals surface area contributed by atoms with Crippen molar-refractivity contribution in [1.29, 1.82) is 0 Å². The molecule has 0 saturated carbocycles. The lowest BCUT2D eigenvalue weighted by molar-refractivity contribution is -0.147. The van der Waals surface area contributed by atoms with E-state index in [0.29, 0.717) is 19.6 Å². The largest absolute Gasteiger partial charge is 0.467 e. The molecule has 4 nitrogen and oxygen atoms in total. The number of carbonyl (C=O) groups excluding carboxylic acids is 1. The van der Waals surface area contributed by atoms with E-state index in [2.05, 4.69) is 6.92 Å². The second-order valence-corrected chi connectivity index (χ2v) is 4.39. The highest BCUT2D eigenvalue weighted by atomic mass is 16.7. The van der Waals surface area contributed by atoms with E-state index >= 15 is 0 Å². The molecule has 0 aromatic rings. The predicted octanol–water partition coefficient (Wildman–Crippen LogP) is 1.13. The van der Waals surface area contributed by atoms with Crippen LogP contribution in [0.25, 0.3) is 0 Å². The molecule has 86 valence electrons. The molecule has 2 aliphatic heterocycles. The number of epoxide rings is 1. The number of hydrogen-bond acceptors (Lipinski definition) is 4. The lowest BCUT2D eigenvalue weighted by atomic mass is 9.78. The van der Waals surface area contributed by atoms with Gasteiger partial charge in [0, 0.05) is 18.9 Å². The van der Waals surface area contributed by atoms with Crippen LogP contribution in [0.4, 0.5) is 0 Å². The predicted molar refractivity (Wildman–Crippen MR) is 53.5 cm³/mol. The monoisotopic (exact) mass is 214 g/mol. The molecule has 2 rings (SSSR count). The third-order valence-electron chi connectivity index (χ3n) is 3.79. The topological polar surface area (TPSA) is 48.1 Å². The van der Waals surface area contributed by atoms with Crippen molar-refractivity contribution >= 4 is 5.97 Å². The van der Waals surface area contributed by atoms with Gasteiger partial charge in [0.2, 0.25) is 0 Å². The summed E-state index contributed by atoms with van der Waals surface area (Å²) >= 11 is 0. The van der Waals surface area contributed by atoms with Gasteiger partial charge in [0.1, 0.15) is 5.60 Å². The second-order valence-electron chi connectivity index (χ2n) is 4.39. The molecule has 0 aromatic carbocycles. The zero-order valence-electron chi connectivity index (χ0n) is 9.54. The molecule has 0 N–H and O–H groups in total. The summed E-state index contributed by atoms with van der Waals surface area (Å²) in [6, 6.07) is 0. The van der Waals surface area contributed by atoms with Crippen molar-refractivity contribution in [1.82, 2.24) is 0 Å². The van der Waals surface area contributed by atoms with Crippen molar-refractivity contribution in [2.75, 3.05) is 20.3 Å². The van der Waals surface area contributed by atoms with Gasteiger partial charge in [0.25, 0.3) is 0 Å². The standard InChI is InChI=1S/C11H18O4/c1-4-10(9(12)13-3)11(15-10)5-6-14-7-8(11)2/h8H,4-7H2,1-3H3. The number of ether oxygens (including phenoxy) is 3. The molecule has 1 spiro atoms. The van der Waals surface area contributed by atoms with Crippen LogP contribution in [-0.2, 0) is 19.0 Å². The van der Waals surface area contributed by atoms with Crippen LogP contribution in [0.15, 0.2) is 0 Å². The average Bonchev–Trinajstić information content (AvgIpc) is 2.92. The van der Waals surface area contributed by atoms with E-state index in [0.717, 1.165) is 6.42 Å². The van der Waals surface area contributed by atoms with Gasteiger partial charge < -0.3 is 14.2 Å². The Labute approximate surface area is 89.9 Å². The molecule has 0 amide bonds. The molecule has 4 heteroatoms. The number of esters is 1. The highest BCUT2D eigenvalue weighted by molar-refractivity contribution is 5.85. The molecule has 2 fully saturated rings. The van der Waals surface area contributed by atoms with Crippen molar-refractivity contribution < 1.29 is 19.0 Å². The summed E-state index contributed by atoms with van der Waals surface area (Å²) in [7, 11) is 1.42. The Bertz CT molecular complexity index is 278. The van der Waals surface area contributed by atoms with Crippen LogP contribution in [0, 0.1) is 5.92 Å². The van der Waals surface area contributed by atoms with Gasteiger partial charge in [-0.1, -0.05) is 13.8 Å². The highest BCUT2D eigenvalue weighted by Crippen LogP contribution is 2.59. The minimum absolute atomic E-state index is 0.237. The van der Waals surface area contributed by atoms with Crippen molar-refractivity contribution in [2.24, 2.45) is 5.92 Å². The van der Waals surface area contributed by atoms with Crippen LogP contribution in [0.1, 0.15) is 26.7 Å². The van der Waals surface area contributed by atoms with Crippen molar-refractivity contribution in [2.45, 2.75) is 37.9 Å². The molecular formula is C11H18O4. The molecule has 15 heavy (non-hydrogen) atoms. The first kappa shape index (κ1) is 10.9. The van der Waals surface area contributed by atoms with Crippen molar-refractivity contribution in [3.05, 3.63) is 0 Å². The van der Waals surface area contributed by atoms with Gasteiger partial charge in [-0.15, -0.1) is 0 Å².